The Labute approximate surface area is 97.3 Å². The van der Waals surface area contributed by atoms with E-state index in [-0.39, 0.29) is 5.92 Å². The molecule has 8 nitrogen and oxygen atoms in total. The van der Waals surface area contributed by atoms with E-state index in [1.807, 2.05) is 0 Å². The molecule has 0 amide bonds. The summed E-state index contributed by atoms with van der Waals surface area (Å²) in [6.45, 7) is 0. The molecule has 0 saturated heterocycles. The molecule has 1 aliphatic carbocycles. The normalized spacial score (nSPS) is 18.8. The fourth-order valence-corrected chi connectivity index (χ4v) is 1.61. The lowest BCUT2D eigenvalue weighted by molar-refractivity contribution is -0.142. The Bertz CT molecular complexity index is 486. The molecule has 1 heterocycles. The first-order chi connectivity index (χ1) is 7.77. The molecule has 4 N–H and O–H groups in total. The maximum Gasteiger partial charge on any atom is 0.394 e. The molecule has 1 aliphatic rings. The van der Waals surface area contributed by atoms with E-state index in [1.165, 1.54) is 0 Å². The summed E-state index contributed by atoms with van der Waals surface area (Å²) in [6, 6.07) is 0. The van der Waals surface area contributed by atoms with Crippen LogP contribution in [0.5, 0.6) is 0 Å². The topological polar surface area (TPSA) is 141 Å². The van der Waals surface area contributed by atoms with E-state index in [9.17, 15) is 4.79 Å². The molecule has 2 rings (SSSR count). The van der Waals surface area contributed by atoms with Gasteiger partial charge in [0.25, 0.3) is 0 Å². The second-order valence-corrected chi connectivity index (χ2v) is 4.45. The Morgan fingerprint density at radius 3 is 2.59 bits per heavy atom. The van der Waals surface area contributed by atoms with E-state index in [2.05, 4.69) is 9.97 Å². The average molecular weight is 264 g/mol. The van der Waals surface area contributed by atoms with Crippen LogP contribution in [0.15, 0.2) is 6.33 Å². The Morgan fingerprint density at radius 1 is 1.47 bits per heavy atom. The lowest BCUT2D eigenvalue weighted by atomic mass is 9.90. The van der Waals surface area contributed by atoms with Gasteiger partial charge in [-0.2, -0.15) is 8.42 Å². The quantitative estimate of drug-likeness (QED) is 0.521. The minimum absolute atomic E-state index is 0.224. The van der Waals surface area contributed by atoms with Crippen molar-refractivity contribution in [2.24, 2.45) is 5.92 Å². The van der Waals surface area contributed by atoms with E-state index < -0.39 is 16.4 Å². The molecule has 1 aromatic rings. The number of nitrogens with one attached hydrogen (secondary N) is 1. The SMILES string of the molecule is O=C(O)C1CCc2nc[nH]c2C1.O=S(=O)(O)O. The molecule has 0 bridgehead atoms. The van der Waals surface area contributed by atoms with Crippen molar-refractivity contribution in [3.8, 4) is 0 Å². The summed E-state index contributed by atoms with van der Waals surface area (Å²) in [5, 5.41) is 8.77. The molecular formula is C8H12N2O6S. The van der Waals surface area contributed by atoms with Gasteiger partial charge >= 0.3 is 16.4 Å². The third kappa shape index (κ3) is 4.93. The number of aromatic amines is 1. The molecule has 1 aromatic heterocycles. The Morgan fingerprint density at radius 2 is 2.06 bits per heavy atom. The monoisotopic (exact) mass is 264 g/mol. The second kappa shape index (κ2) is 5.25. The number of aromatic nitrogens is 2. The molecule has 0 aromatic carbocycles. The number of fused-ring (bicyclic) bond motifs is 1. The van der Waals surface area contributed by atoms with Gasteiger partial charge in [-0.05, 0) is 12.8 Å². The van der Waals surface area contributed by atoms with Crippen molar-refractivity contribution in [1.82, 2.24) is 9.97 Å². The van der Waals surface area contributed by atoms with Crippen molar-refractivity contribution >= 4 is 16.4 Å². The number of hydrogen-bond donors (Lipinski definition) is 4. The summed E-state index contributed by atoms with van der Waals surface area (Å²) < 4.78 is 31.6. The Balaban J connectivity index is 0.000000249. The van der Waals surface area contributed by atoms with Gasteiger partial charge < -0.3 is 10.1 Å². The Hall–Kier alpha value is -1.45. The van der Waals surface area contributed by atoms with Crippen LogP contribution in [0.25, 0.3) is 0 Å². The highest BCUT2D eigenvalue weighted by molar-refractivity contribution is 7.79. The van der Waals surface area contributed by atoms with E-state index in [0.29, 0.717) is 12.8 Å². The summed E-state index contributed by atoms with van der Waals surface area (Å²) in [6.07, 6.45) is 3.74. The van der Waals surface area contributed by atoms with Gasteiger partial charge in [0.1, 0.15) is 0 Å². The van der Waals surface area contributed by atoms with E-state index in [0.717, 1.165) is 17.8 Å². The molecule has 9 heteroatoms. The number of carboxylic acid groups (broad SMARTS) is 1. The van der Waals surface area contributed by atoms with Gasteiger partial charge in [-0.25, -0.2) is 4.98 Å². The first-order valence-electron chi connectivity index (χ1n) is 4.71. The maximum absolute atomic E-state index is 10.7. The van der Waals surface area contributed by atoms with Crippen LogP contribution in [0.3, 0.4) is 0 Å². The van der Waals surface area contributed by atoms with Crippen LogP contribution in [-0.2, 0) is 28.0 Å². The third-order valence-corrected chi connectivity index (χ3v) is 2.34. The number of aryl methyl sites for hydroxylation is 1. The van der Waals surface area contributed by atoms with Gasteiger partial charge in [-0.1, -0.05) is 0 Å². The van der Waals surface area contributed by atoms with Crippen molar-refractivity contribution in [1.29, 1.82) is 0 Å². The van der Waals surface area contributed by atoms with Crippen molar-refractivity contribution in [2.45, 2.75) is 19.3 Å². The van der Waals surface area contributed by atoms with Crippen LogP contribution in [0, 0.1) is 5.92 Å². The molecule has 1 unspecified atom stereocenters. The maximum atomic E-state index is 10.7. The van der Waals surface area contributed by atoms with E-state index in [4.69, 9.17) is 22.6 Å². The van der Waals surface area contributed by atoms with Crippen LogP contribution in [-0.4, -0.2) is 38.6 Å². The highest BCUT2D eigenvalue weighted by Crippen LogP contribution is 2.22. The van der Waals surface area contributed by atoms with Gasteiger partial charge in [0.05, 0.1) is 17.9 Å². The number of H-pyrrole nitrogens is 1. The van der Waals surface area contributed by atoms with Gasteiger partial charge in [0.2, 0.25) is 0 Å². The first kappa shape index (κ1) is 13.6. The summed E-state index contributed by atoms with van der Waals surface area (Å²) >= 11 is 0. The number of rotatable bonds is 1. The van der Waals surface area contributed by atoms with Crippen molar-refractivity contribution in [3.05, 3.63) is 17.7 Å². The van der Waals surface area contributed by atoms with E-state index >= 15 is 0 Å². The lowest BCUT2D eigenvalue weighted by Crippen LogP contribution is -2.22. The molecule has 0 radical (unpaired) electrons. The van der Waals surface area contributed by atoms with Gasteiger partial charge in [0.15, 0.2) is 0 Å². The number of nitrogens with zero attached hydrogens (tertiary/aromatic N) is 1. The molecule has 17 heavy (non-hydrogen) atoms. The van der Waals surface area contributed by atoms with Gasteiger partial charge in [0, 0.05) is 12.1 Å². The summed E-state index contributed by atoms with van der Waals surface area (Å²) in [4.78, 5) is 17.7. The summed E-state index contributed by atoms with van der Waals surface area (Å²) in [7, 11) is -4.67. The van der Waals surface area contributed by atoms with Crippen LogP contribution in [0.2, 0.25) is 0 Å². The number of aliphatic carboxylic acids is 1. The molecule has 96 valence electrons. The fourth-order valence-electron chi connectivity index (χ4n) is 1.61. The highest BCUT2D eigenvalue weighted by atomic mass is 32.3. The largest absolute Gasteiger partial charge is 0.481 e. The molecular weight excluding hydrogens is 252 g/mol. The van der Waals surface area contributed by atoms with Gasteiger partial charge in [-0.15, -0.1) is 0 Å². The fraction of sp³-hybridized carbons (Fsp3) is 0.500. The zero-order valence-electron chi connectivity index (χ0n) is 8.70. The van der Waals surface area contributed by atoms with Crippen molar-refractivity contribution < 1.29 is 27.4 Å². The smallest absolute Gasteiger partial charge is 0.394 e. The van der Waals surface area contributed by atoms with Gasteiger partial charge in [-0.3, -0.25) is 13.9 Å². The minimum Gasteiger partial charge on any atom is -0.481 e. The van der Waals surface area contributed by atoms with Crippen LogP contribution < -0.4 is 0 Å². The molecule has 0 saturated carbocycles. The Kier molecular flexibility index (Phi) is 4.21. The third-order valence-electron chi connectivity index (χ3n) is 2.34. The van der Waals surface area contributed by atoms with Crippen LogP contribution in [0.4, 0.5) is 0 Å². The number of carbonyl (C=O) groups is 1. The number of imidazole rings is 1. The van der Waals surface area contributed by atoms with Crippen LogP contribution in [0.1, 0.15) is 17.8 Å². The zero-order chi connectivity index (χ0) is 13.1. The molecule has 1 atom stereocenters. The molecule has 0 spiro atoms. The highest BCUT2D eigenvalue weighted by Gasteiger charge is 2.25. The zero-order valence-corrected chi connectivity index (χ0v) is 9.51. The van der Waals surface area contributed by atoms with Crippen molar-refractivity contribution in [2.75, 3.05) is 0 Å². The summed E-state index contributed by atoms with van der Waals surface area (Å²) in [5.41, 5.74) is 2.03. The van der Waals surface area contributed by atoms with Crippen LogP contribution >= 0.6 is 0 Å². The molecule has 0 aliphatic heterocycles. The predicted molar refractivity (Wildman–Crippen MR) is 55.9 cm³/mol. The second-order valence-electron chi connectivity index (χ2n) is 3.55. The van der Waals surface area contributed by atoms with E-state index in [1.54, 1.807) is 6.33 Å². The minimum atomic E-state index is -4.67. The first-order valence-corrected chi connectivity index (χ1v) is 6.11. The average Bonchev–Trinajstić information content (AvgIpc) is 2.60. The predicted octanol–water partition coefficient (Wildman–Crippen LogP) is -0.0536. The summed E-state index contributed by atoms with van der Waals surface area (Å²) in [5.74, 6) is -0.923. The number of carboxylic acids is 1. The van der Waals surface area contributed by atoms with Crippen molar-refractivity contribution in [3.63, 3.8) is 0 Å². The molecule has 0 fully saturated rings. The number of hydrogen-bond acceptors (Lipinski definition) is 4. The standard InChI is InChI=1S/C8H10N2O2.H2O4S/c11-8(12)5-1-2-6-7(3-5)10-4-9-6;1-5(2,3)4/h4-5H,1-3H2,(H,9,10)(H,11,12);(H2,1,2,3,4). The lowest BCUT2D eigenvalue weighted by Gasteiger charge is -2.16.